The molecule has 2 heterocycles. The van der Waals surface area contributed by atoms with Gasteiger partial charge in [-0.25, -0.2) is 4.68 Å². The second-order valence-electron chi connectivity index (χ2n) is 7.49. The van der Waals surface area contributed by atoms with Gasteiger partial charge >= 0.3 is 0 Å². The molecule has 1 atom stereocenters. The Morgan fingerprint density at radius 1 is 1.08 bits per heavy atom. The van der Waals surface area contributed by atoms with Gasteiger partial charge in [-0.1, -0.05) is 47.7 Å². The molecule has 1 amide bonds. The molecule has 5 nitrogen and oxygen atoms in total. The molecule has 5 heteroatoms. The Labute approximate surface area is 152 Å². The normalized spacial score (nSPS) is 20.0. The predicted octanol–water partition coefficient (Wildman–Crippen LogP) is 3.32. The van der Waals surface area contributed by atoms with E-state index >= 15 is 0 Å². The Bertz CT molecular complexity index is 954. The molecule has 3 aromatic rings. The van der Waals surface area contributed by atoms with E-state index in [1.54, 1.807) is 0 Å². The van der Waals surface area contributed by atoms with E-state index < -0.39 is 0 Å². The lowest BCUT2D eigenvalue weighted by atomic mass is 10.0. The Morgan fingerprint density at radius 2 is 1.92 bits per heavy atom. The summed E-state index contributed by atoms with van der Waals surface area (Å²) in [6.45, 7) is 1.53. The largest absolute Gasteiger partial charge is 0.340 e. The Balaban J connectivity index is 1.28. The monoisotopic (exact) mass is 346 g/mol. The fourth-order valence-electron chi connectivity index (χ4n) is 3.94. The molecule has 2 aliphatic rings. The first-order valence-electron chi connectivity index (χ1n) is 9.44. The van der Waals surface area contributed by atoms with Crippen LogP contribution in [0, 0.1) is 0 Å². The second kappa shape index (κ2) is 6.24. The molecule has 1 saturated heterocycles. The number of rotatable bonds is 4. The molecule has 132 valence electrons. The summed E-state index contributed by atoms with van der Waals surface area (Å²) >= 11 is 0. The summed E-state index contributed by atoms with van der Waals surface area (Å²) in [5, 5.41) is 11.0. The number of amides is 1. The van der Waals surface area contributed by atoms with Crippen LogP contribution in [0.1, 0.15) is 42.5 Å². The fourth-order valence-corrected chi connectivity index (χ4v) is 3.94. The van der Waals surface area contributed by atoms with Crippen LogP contribution < -0.4 is 0 Å². The van der Waals surface area contributed by atoms with Crippen molar-refractivity contribution in [1.82, 2.24) is 19.9 Å². The van der Waals surface area contributed by atoms with Crippen molar-refractivity contribution in [2.45, 2.75) is 37.6 Å². The minimum absolute atomic E-state index is 0.200. The lowest BCUT2D eigenvalue weighted by Crippen LogP contribution is -2.30. The Morgan fingerprint density at radius 3 is 2.81 bits per heavy atom. The molecule has 1 aliphatic carbocycles. The minimum atomic E-state index is 0.200. The molecule has 1 aliphatic heterocycles. The van der Waals surface area contributed by atoms with E-state index in [1.807, 2.05) is 27.8 Å². The van der Waals surface area contributed by atoms with E-state index in [2.05, 4.69) is 40.8 Å². The van der Waals surface area contributed by atoms with E-state index in [0.29, 0.717) is 12.3 Å². The topological polar surface area (TPSA) is 51.0 Å². The van der Waals surface area contributed by atoms with Gasteiger partial charge in [-0.2, -0.15) is 0 Å². The summed E-state index contributed by atoms with van der Waals surface area (Å²) in [7, 11) is 0. The van der Waals surface area contributed by atoms with Crippen molar-refractivity contribution in [2.24, 2.45) is 0 Å². The summed E-state index contributed by atoms with van der Waals surface area (Å²) in [4.78, 5) is 14.8. The van der Waals surface area contributed by atoms with Gasteiger partial charge in [0.15, 0.2) is 0 Å². The standard InChI is InChI=1S/C21H22N4O/c26-21(12-17-6-3-5-15-4-1-2-7-19(15)17)24-11-10-18(13-24)25-14-20(22-23-25)16-8-9-16/h1-7,14,16,18H,8-13H2. The molecule has 2 aromatic carbocycles. The smallest absolute Gasteiger partial charge is 0.227 e. The third kappa shape index (κ3) is 2.87. The first kappa shape index (κ1) is 15.6. The number of aromatic nitrogens is 3. The lowest BCUT2D eigenvalue weighted by molar-refractivity contribution is -0.129. The third-order valence-corrected chi connectivity index (χ3v) is 5.64. The Hall–Kier alpha value is -2.69. The van der Waals surface area contributed by atoms with Crippen LogP contribution >= 0.6 is 0 Å². The van der Waals surface area contributed by atoms with Crippen molar-refractivity contribution < 1.29 is 4.79 Å². The van der Waals surface area contributed by atoms with E-state index in [9.17, 15) is 4.79 Å². The molecule has 5 rings (SSSR count). The molecule has 0 radical (unpaired) electrons. The van der Waals surface area contributed by atoms with Crippen LogP contribution in [0.5, 0.6) is 0 Å². The summed E-state index contributed by atoms with van der Waals surface area (Å²) in [6, 6.07) is 14.7. The van der Waals surface area contributed by atoms with Crippen LogP contribution in [0.2, 0.25) is 0 Å². The zero-order chi connectivity index (χ0) is 17.5. The SMILES string of the molecule is O=C(Cc1cccc2ccccc12)N1CCC(n2cc(C3CC3)nn2)C1. The van der Waals surface area contributed by atoms with E-state index in [1.165, 1.54) is 23.6 Å². The molecular weight excluding hydrogens is 324 g/mol. The maximum Gasteiger partial charge on any atom is 0.227 e. The fraction of sp³-hybridized carbons (Fsp3) is 0.381. The molecule has 1 aromatic heterocycles. The second-order valence-corrected chi connectivity index (χ2v) is 7.49. The Kier molecular flexibility index (Phi) is 3.73. The highest BCUT2D eigenvalue weighted by Crippen LogP contribution is 2.39. The number of nitrogens with zero attached hydrogens (tertiary/aromatic N) is 4. The number of fused-ring (bicyclic) bond motifs is 1. The number of carbonyl (C=O) groups excluding carboxylic acids is 1. The summed E-state index contributed by atoms with van der Waals surface area (Å²) in [6.07, 6.45) is 5.96. The summed E-state index contributed by atoms with van der Waals surface area (Å²) in [5.74, 6) is 0.820. The minimum Gasteiger partial charge on any atom is -0.340 e. The number of carbonyl (C=O) groups is 1. The van der Waals surface area contributed by atoms with Gasteiger partial charge in [0.05, 0.1) is 18.2 Å². The van der Waals surface area contributed by atoms with Crippen LogP contribution in [0.3, 0.4) is 0 Å². The van der Waals surface area contributed by atoms with Gasteiger partial charge in [-0.3, -0.25) is 4.79 Å². The van der Waals surface area contributed by atoms with E-state index in [4.69, 9.17) is 0 Å². The molecule has 26 heavy (non-hydrogen) atoms. The summed E-state index contributed by atoms with van der Waals surface area (Å²) < 4.78 is 1.97. The quantitative estimate of drug-likeness (QED) is 0.728. The van der Waals surface area contributed by atoms with Crippen molar-refractivity contribution in [1.29, 1.82) is 0 Å². The van der Waals surface area contributed by atoms with Crippen molar-refractivity contribution >= 4 is 16.7 Å². The van der Waals surface area contributed by atoms with Crippen LogP contribution in [0.4, 0.5) is 0 Å². The molecule has 1 saturated carbocycles. The van der Waals surface area contributed by atoms with Crippen molar-refractivity contribution in [3.05, 3.63) is 59.9 Å². The maximum atomic E-state index is 12.8. The van der Waals surface area contributed by atoms with Gasteiger partial charge < -0.3 is 4.90 Å². The van der Waals surface area contributed by atoms with Gasteiger partial charge in [-0.05, 0) is 35.6 Å². The van der Waals surface area contributed by atoms with Crippen molar-refractivity contribution in [3.63, 3.8) is 0 Å². The highest BCUT2D eigenvalue weighted by Gasteiger charge is 2.31. The highest BCUT2D eigenvalue weighted by atomic mass is 16.2. The average Bonchev–Trinajstić information content (AvgIpc) is 3.20. The molecular formula is C21H22N4O. The number of hydrogen-bond donors (Lipinski definition) is 0. The zero-order valence-corrected chi connectivity index (χ0v) is 14.7. The van der Waals surface area contributed by atoms with Gasteiger partial charge in [0.1, 0.15) is 0 Å². The molecule has 2 fully saturated rings. The van der Waals surface area contributed by atoms with Crippen LogP contribution in [0.25, 0.3) is 10.8 Å². The van der Waals surface area contributed by atoms with Crippen LogP contribution in [-0.2, 0) is 11.2 Å². The zero-order valence-electron chi connectivity index (χ0n) is 14.7. The van der Waals surface area contributed by atoms with Crippen molar-refractivity contribution in [3.8, 4) is 0 Å². The highest BCUT2D eigenvalue weighted by molar-refractivity contribution is 5.90. The summed E-state index contributed by atoms with van der Waals surface area (Å²) in [5.41, 5.74) is 2.22. The first-order valence-corrected chi connectivity index (χ1v) is 9.44. The molecule has 0 N–H and O–H groups in total. The van der Waals surface area contributed by atoms with Crippen LogP contribution in [-0.4, -0.2) is 38.9 Å². The molecule has 0 bridgehead atoms. The number of benzene rings is 2. The average molecular weight is 346 g/mol. The first-order chi connectivity index (χ1) is 12.8. The molecule has 0 spiro atoms. The van der Waals surface area contributed by atoms with Gasteiger partial charge in [0.25, 0.3) is 0 Å². The van der Waals surface area contributed by atoms with Crippen LogP contribution in [0.15, 0.2) is 48.7 Å². The molecule has 1 unspecified atom stereocenters. The predicted molar refractivity (Wildman–Crippen MR) is 99.9 cm³/mol. The maximum absolute atomic E-state index is 12.8. The van der Waals surface area contributed by atoms with Gasteiger partial charge in [0.2, 0.25) is 5.91 Å². The number of likely N-dealkylation sites (tertiary alicyclic amines) is 1. The van der Waals surface area contributed by atoms with Gasteiger partial charge in [-0.15, -0.1) is 5.10 Å². The van der Waals surface area contributed by atoms with E-state index in [-0.39, 0.29) is 11.9 Å². The lowest BCUT2D eigenvalue weighted by Gasteiger charge is -2.17. The van der Waals surface area contributed by atoms with Crippen molar-refractivity contribution in [2.75, 3.05) is 13.1 Å². The van der Waals surface area contributed by atoms with Gasteiger partial charge in [0, 0.05) is 25.2 Å². The van der Waals surface area contributed by atoms with E-state index in [0.717, 1.165) is 30.8 Å². The number of hydrogen-bond acceptors (Lipinski definition) is 3. The third-order valence-electron chi connectivity index (χ3n) is 5.64.